The van der Waals surface area contributed by atoms with Crippen molar-refractivity contribution in [3.05, 3.63) is 59.3 Å². The summed E-state index contributed by atoms with van der Waals surface area (Å²) in [6.45, 7) is 0. The van der Waals surface area contributed by atoms with Crippen molar-refractivity contribution < 1.29 is 8.78 Å². The molecule has 3 aromatic rings. The molecular formula is C14H9ClF2N4. The molecule has 1 aromatic heterocycles. The minimum atomic E-state index is -0.933. The van der Waals surface area contributed by atoms with Crippen LogP contribution in [-0.2, 0) is 0 Å². The highest BCUT2D eigenvalue weighted by Gasteiger charge is 2.09. The van der Waals surface area contributed by atoms with Gasteiger partial charge in [-0.1, -0.05) is 16.8 Å². The van der Waals surface area contributed by atoms with Crippen molar-refractivity contribution in [1.82, 2.24) is 15.0 Å². The normalized spacial score (nSPS) is 10.8. The number of nitrogen functional groups attached to an aromatic ring is 1. The Morgan fingerprint density at radius 3 is 2.57 bits per heavy atom. The monoisotopic (exact) mass is 306 g/mol. The van der Waals surface area contributed by atoms with Crippen LogP contribution in [0, 0.1) is 11.6 Å². The van der Waals surface area contributed by atoms with Crippen molar-refractivity contribution in [2.45, 2.75) is 0 Å². The molecule has 106 valence electrons. The van der Waals surface area contributed by atoms with Crippen LogP contribution in [0.3, 0.4) is 0 Å². The van der Waals surface area contributed by atoms with Gasteiger partial charge in [-0.3, -0.25) is 0 Å². The van der Waals surface area contributed by atoms with Gasteiger partial charge >= 0.3 is 0 Å². The number of anilines is 1. The first-order valence-electron chi connectivity index (χ1n) is 5.98. The standard InChI is InChI=1S/C14H9ClF2N4/c15-10-3-2-9(6-13(10)18)21-7-14(19-20-21)8-1-4-11(16)12(17)5-8/h1-7H,18H2. The number of rotatable bonds is 2. The topological polar surface area (TPSA) is 56.7 Å². The van der Waals surface area contributed by atoms with E-state index in [1.165, 1.54) is 10.7 Å². The zero-order valence-electron chi connectivity index (χ0n) is 10.6. The van der Waals surface area contributed by atoms with E-state index in [0.717, 1.165) is 12.1 Å². The largest absolute Gasteiger partial charge is 0.397 e. The molecule has 0 aliphatic rings. The van der Waals surface area contributed by atoms with Crippen LogP contribution >= 0.6 is 11.6 Å². The third kappa shape index (κ3) is 2.57. The second-order valence-corrected chi connectivity index (χ2v) is 4.79. The van der Waals surface area contributed by atoms with Crippen LogP contribution in [0.5, 0.6) is 0 Å². The fraction of sp³-hybridized carbons (Fsp3) is 0. The number of benzene rings is 2. The molecule has 0 bridgehead atoms. The number of halogens is 3. The average molecular weight is 307 g/mol. The minimum absolute atomic E-state index is 0.416. The third-order valence-corrected chi connectivity index (χ3v) is 3.30. The van der Waals surface area contributed by atoms with Gasteiger partial charge in [-0.2, -0.15) is 0 Å². The van der Waals surface area contributed by atoms with Crippen LogP contribution < -0.4 is 5.73 Å². The second kappa shape index (κ2) is 5.14. The van der Waals surface area contributed by atoms with E-state index in [0.29, 0.717) is 27.7 Å². The molecule has 1 heterocycles. The molecule has 0 saturated heterocycles. The Morgan fingerprint density at radius 2 is 1.86 bits per heavy atom. The molecule has 0 unspecified atom stereocenters. The Kier molecular flexibility index (Phi) is 3.31. The van der Waals surface area contributed by atoms with Crippen LogP contribution in [0.4, 0.5) is 14.5 Å². The van der Waals surface area contributed by atoms with E-state index >= 15 is 0 Å². The Bertz CT molecular complexity index is 750. The molecule has 2 N–H and O–H groups in total. The van der Waals surface area contributed by atoms with Gasteiger partial charge in [-0.05, 0) is 36.4 Å². The lowest BCUT2D eigenvalue weighted by atomic mass is 10.1. The summed E-state index contributed by atoms with van der Waals surface area (Å²) in [5.74, 6) is -1.84. The molecule has 0 fully saturated rings. The molecule has 0 aliphatic heterocycles. The predicted molar refractivity (Wildman–Crippen MR) is 76.1 cm³/mol. The van der Waals surface area contributed by atoms with Crippen molar-refractivity contribution in [3.63, 3.8) is 0 Å². The van der Waals surface area contributed by atoms with Crippen LogP contribution in [0.2, 0.25) is 5.02 Å². The first-order valence-corrected chi connectivity index (χ1v) is 6.35. The molecule has 0 amide bonds. The lowest BCUT2D eigenvalue weighted by molar-refractivity contribution is 0.509. The number of nitrogens with zero attached hydrogens (tertiary/aromatic N) is 3. The zero-order chi connectivity index (χ0) is 15.0. The summed E-state index contributed by atoms with van der Waals surface area (Å²) in [5.41, 5.74) is 7.66. The van der Waals surface area contributed by atoms with Gasteiger partial charge in [0.05, 0.1) is 22.6 Å². The third-order valence-electron chi connectivity index (χ3n) is 2.95. The van der Waals surface area contributed by atoms with E-state index in [4.69, 9.17) is 17.3 Å². The summed E-state index contributed by atoms with van der Waals surface area (Å²) in [4.78, 5) is 0. The average Bonchev–Trinajstić information content (AvgIpc) is 2.94. The van der Waals surface area contributed by atoms with E-state index in [-0.39, 0.29) is 0 Å². The van der Waals surface area contributed by atoms with Gasteiger partial charge in [-0.25, -0.2) is 13.5 Å². The number of nitrogens with two attached hydrogens (primary N) is 1. The molecular weight excluding hydrogens is 298 g/mol. The Hall–Kier alpha value is -2.47. The van der Waals surface area contributed by atoms with Crippen molar-refractivity contribution in [3.8, 4) is 16.9 Å². The number of hydrogen-bond donors (Lipinski definition) is 1. The van der Waals surface area contributed by atoms with E-state index in [2.05, 4.69) is 10.3 Å². The number of aromatic nitrogens is 3. The molecule has 0 atom stereocenters. The second-order valence-electron chi connectivity index (χ2n) is 4.38. The molecule has 2 aromatic carbocycles. The van der Waals surface area contributed by atoms with Crippen molar-refractivity contribution in [2.24, 2.45) is 0 Å². The Morgan fingerprint density at radius 1 is 1.05 bits per heavy atom. The van der Waals surface area contributed by atoms with Gasteiger partial charge in [0.2, 0.25) is 0 Å². The quantitative estimate of drug-likeness (QED) is 0.738. The van der Waals surface area contributed by atoms with Crippen LogP contribution in [-0.4, -0.2) is 15.0 Å². The van der Waals surface area contributed by atoms with Gasteiger partial charge in [0.15, 0.2) is 11.6 Å². The van der Waals surface area contributed by atoms with Crippen LogP contribution in [0.15, 0.2) is 42.6 Å². The summed E-state index contributed by atoms with van der Waals surface area (Å²) in [5, 5.41) is 8.32. The fourth-order valence-electron chi connectivity index (χ4n) is 1.85. The molecule has 4 nitrogen and oxygen atoms in total. The smallest absolute Gasteiger partial charge is 0.159 e. The van der Waals surface area contributed by atoms with Gasteiger partial charge in [0.1, 0.15) is 5.69 Å². The highest BCUT2D eigenvalue weighted by molar-refractivity contribution is 6.33. The zero-order valence-corrected chi connectivity index (χ0v) is 11.4. The summed E-state index contributed by atoms with van der Waals surface area (Å²) < 4.78 is 27.6. The van der Waals surface area contributed by atoms with Gasteiger partial charge in [0, 0.05) is 5.56 Å². The Balaban J connectivity index is 1.99. The first-order chi connectivity index (χ1) is 10.0. The molecule has 21 heavy (non-hydrogen) atoms. The van der Waals surface area contributed by atoms with Crippen molar-refractivity contribution in [2.75, 3.05) is 5.73 Å². The highest BCUT2D eigenvalue weighted by Crippen LogP contribution is 2.23. The molecule has 0 radical (unpaired) electrons. The molecule has 7 heteroatoms. The molecule has 0 aliphatic carbocycles. The maximum atomic E-state index is 13.2. The van der Waals surface area contributed by atoms with Crippen LogP contribution in [0.25, 0.3) is 16.9 Å². The molecule has 3 rings (SSSR count). The van der Waals surface area contributed by atoms with Gasteiger partial charge in [0.25, 0.3) is 0 Å². The maximum Gasteiger partial charge on any atom is 0.159 e. The first kappa shape index (κ1) is 13.5. The lowest BCUT2D eigenvalue weighted by Crippen LogP contribution is -1.96. The fourth-order valence-corrected chi connectivity index (χ4v) is 1.97. The molecule has 0 spiro atoms. The van der Waals surface area contributed by atoms with Crippen molar-refractivity contribution >= 4 is 17.3 Å². The molecule has 0 saturated carbocycles. The highest BCUT2D eigenvalue weighted by atomic mass is 35.5. The Labute approximate surface area is 123 Å². The summed E-state index contributed by atoms with van der Waals surface area (Å²) in [7, 11) is 0. The number of hydrogen-bond acceptors (Lipinski definition) is 3. The van der Waals surface area contributed by atoms with Gasteiger partial charge < -0.3 is 5.73 Å². The van der Waals surface area contributed by atoms with E-state index in [9.17, 15) is 8.78 Å². The van der Waals surface area contributed by atoms with Crippen molar-refractivity contribution in [1.29, 1.82) is 0 Å². The summed E-state index contributed by atoms with van der Waals surface area (Å²) in [6, 6.07) is 8.56. The maximum absolute atomic E-state index is 13.2. The lowest BCUT2D eigenvalue weighted by Gasteiger charge is -2.02. The van der Waals surface area contributed by atoms with Gasteiger partial charge in [-0.15, -0.1) is 5.10 Å². The van der Waals surface area contributed by atoms with E-state index in [1.807, 2.05) is 0 Å². The summed E-state index contributed by atoms with van der Waals surface area (Å²) in [6.07, 6.45) is 1.59. The van der Waals surface area contributed by atoms with E-state index in [1.54, 1.807) is 24.4 Å². The SMILES string of the molecule is Nc1cc(-n2cc(-c3ccc(F)c(F)c3)nn2)ccc1Cl. The predicted octanol–water partition coefficient (Wildman–Crippen LogP) is 3.45. The van der Waals surface area contributed by atoms with E-state index < -0.39 is 11.6 Å². The van der Waals surface area contributed by atoms with Crippen LogP contribution in [0.1, 0.15) is 0 Å². The summed E-state index contributed by atoms with van der Waals surface area (Å²) >= 11 is 5.85. The minimum Gasteiger partial charge on any atom is -0.397 e.